The number of hydrogen-bond acceptors (Lipinski definition) is 11. The van der Waals surface area contributed by atoms with Gasteiger partial charge < -0.3 is 24.7 Å². The quantitative estimate of drug-likeness (QED) is 0.287. The first-order valence-electron chi connectivity index (χ1n) is 10.2. The lowest BCUT2D eigenvalue weighted by atomic mass is 9.57. The fourth-order valence-electron chi connectivity index (χ4n) is 5.53. The van der Waals surface area contributed by atoms with Gasteiger partial charge in [0.15, 0.2) is 22.1 Å². The summed E-state index contributed by atoms with van der Waals surface area (Å²) in [5.41, 5.74) is 0.523. The monoisotopic (exact) mass is 479 g/mol. The van der Waals surface area contributed by atoms with Crippen LogP contribution >= 0.6 is 11.6 Å². The summed E-state index contributed by atoms with van der Waals surface area (Å²) in [5.74, 6) is -2.44. The first-order valence-corrected chi connectivity index (χ1v) is 10.6. The lowest BCUT2D eigenvalue weighted by Crippen LogP contribution is -2.65. The summed E-state index contributed by atoms with van der Waals surface area (Å²) in [6, 6.07) is 0. The first-order chi connectivity index (χ1) is 15.3. The molecule has 5 heterocycles. The van der Waals surface area contributed by atoms with Gasteiger partial charge in [0.05, 0.1) is 17.3 Å². The zero-order chi connectivity index (χ0) is 24.1. The van der Waals surface area contributed by atoms with Gasteiger partial charge in [-0.25, -0.2) is 9.78 Å². The van der Waals surface area contributed by atoms with Gasteiger partial charge in [-0.05, 0) is 27.7 Å². The Labute approximate surface area is 192 Å². The summed E-state index contributed by atoms with van der Waals surface area (Å²) in [5, 5.41) is 0.0286. The number of cyclic esters (lactones) is 2. The van der Waals surface area contributed by atoms with E-state index in [4.69, 9.17) is 36.3 Å². The van der Waals surface area contributed by atoms with Crippen LogP contribution in [0.3, 0.4) is 0 Å². The number of carbonyl (C=O) groups is 3. The van der Waals surface area contributed by atoms with E-state index in [0.29, 0.717) is 0 Å². The Morgan fingerprint density at radius 2 is 1.91 bits per heavy atom. The molecule has 3 fully saturated rings. The zero-order valence-electron chi connectivity index (χ0n) is 18.5. The van der Waals surface area contributed by atoms with Gasteiger partial charge in [-0.1, -0.05) is 11.6 Å². The van der Waals surface area contributed by atoms with E-state index in [1.54, 1.807) is 27.7 Å². The average Bonchev–Trinajstić information content (AvgIpc) is 3.23. The van der Waals surface area contributed by atoms with Crippen molar-refractivity contribution in [2.24, 2.45) is 11.3 Å². The molecular weight excluding hydrogens is 458 g/mol. The molecule has 4 unspecified atom stereocenters. The molecule has 13 heteroatoms. The standard InChI is InChI=1S/C20H22ClN5O7/c1-8(27)32-19(4)17(2,11-15(29)31-11)18(3,9-6-30-14(9)28)33-20(19,5)26-7-23-10-12(21)24-16(22)25-13(10)26/h7,9,11H,6H2,1-5H3,(H2,22,24,25)/t9?,11?,17?,18-,19-,20?/m1/s1. The van der Waals surface area contributed by atoms with Crippen LogP contribution in [0.15, 0.2) is 6.33 Å². The van der Waals surface area contributed by atoms with E-state index in [0.717, 1.165) is 0 Å². The Hall–Kier alpha value is -2.99. The van der Waals surface area contributed by atoms with Gasteiger partial charge in [0.2, 0.25) is 12.1 Å². The summed E-state index contributed by atoms with van der Waals surface area (Å²) in [4.78, 5) is 49.7. The van der Waals surface area contributed by atoms with Crippen molar-refractivity contribution in [3.8, 4) is 0 Å². The Morgan fingerprint density at radius 1 is 1.24 bits per heavy atom. The van der Waals surface area contributed by atoms with Crippen LogP contribution in [0.4, 0.5) is 5.95 Å². The van der Waals surface area contributed by atoms with Crippen LogP contribution < -0.4 is 5.73 Å². The molecule has 2 aromatic heterocycles. The van der Waals surface area contributed by atoms with Gasteiger partial charge >= 0.3 is 17.9 Å². The van der Waals surface area contributed by atoms with E-state index in [2.05, 4.69) is 15.0 Å². The van der Waals surface area contributed by atoms with E-state index in [1.807, 2.05) is 0 Å². The maximum Gasteiger partial charge on any atom is 0.349 e. The normalized spacial score (nSPS) is 39.7. The third kappa shape index (κ3) is 2.45. The molecule has 0 radical (unpaired) electrons. The highest BCUT2D eigenvalue weighted by molar-refractivity contribution is 6.33. The number of nitrogens with zero attached hydrogens (tertiary/aromatic N) is 4. The number of nitrogen functional groups attached to an aromatic ring is 1. The van der Waals surface area contributed by atoms with Crippen molar-refractivity contribution in [2.75, 3.05) is 12.3 Å². The molecule has 176 valence electrons. The number of imidazole rings is 1. The molecule has 3 saturated heterocycles. The molecule has 2 N–H and O–H groups in total. The SMILES string of the molecule is CC(=O)O[C@@]1(C)C(C)(n2cnc3c(Cl)nc(N)nc32)O[C@](C)(C2COC2=O)C1(C)C1OC1=O. The van der Waals surface area contributed by atoms with Gasteiger partial charge in [0.25, 0.3) is 0 Å². The minimum absolute atomic E-state index is 0.0286. The minimum Gasteiger partial charge on any atom is -0.464 e. The van der Waals surface area contributed by atoms with E-state index in [9.17, 15) is 14.4 Å². The predicted octanol–water partition coefficient (Wildman–Crippen LogP) is 0.950. The Bertz CT molecular complexity index is 1250. The molecule has 0 amide bonds. The van der Waals surface area contributed by atoms with E-state index >= 15 is 0 Å². The molecule has 33 heavy (non-hydrogen) atoms. The molecule has 5 rings (SSSR count). The highest BCUT2D eigenvalue weighted by Crippen LogP contribution is 2.68. The highest BCUT2D eigenvalue weighted by atomic mass is 35.5. The summed E-state index contributed by atoms with van der Waals surface area (Å²) >= 11 is 6.22. The Kier molecular flexibility index (Phi) is 4.18. The van der Waals surface area contributed by atoms with Crippen molar-refractivity contribution >= 4 is 46.6 Å². The highest BCUT2D eigenvalue weighted by Gasteiger charge is 2.85. The minimum atomic E-state index is -1.56. The van der Waals surface area contributed by atoms with Gasteiger partial charge in [-0.3, -0.25) is 14.2 Å². The lowest BCUT2D eigenvalue weighted by Gasteiger charge is -2.49. The van der Waals surface area contributed by atoms with Gasteiger partial charge in [0, 0.05) is 6.92 Å². The maximum atomic E-state index is 12.5. The van der Waals surface area contributed by atoms with Crippen LogP contribution in [0.1, 0.15) is 34.6 Å². The summed E-state index contributed by atoms with van der Waals surface area (Å²) in [6.45, 7) is 8.01. The van der Waals surface area contributed by atoms with E-state index in [1.165, 1.54) is 17.8 Å². The number of hydrogen-bond donors (Lipinski definition) is 1. The van der Waals surface area contributed by atoms with Gasteiger partial charge in [-0.2, -0.15) is 9.97 Å². The van der Waals surface area contributed by atoms with Crippen LogP contribution in [0.5, 0.6) is 0 Å². The molecule has 12 nitrogen and oxygen atoms in total. The fourth-order valence-corrected chi connectivity index (χ4v) is 5.75. The molecule has 0 spiro atoms. The molecule has 0 bridgehead atoms. The Balaban J connectivity index is 1.81. The van der Waals surface area contributed by atoms with Crippen molar-refractivity contribution < 1.29 is 33.3 Å². The number of esters is 2. The second-order valence-electron chi connectivity index (χ2n) is 9.18. The van der Waals surface area contributed by atoms with Crippen molar-refractivity contribution in [1.29, 1.82) is 0 Å². The fraction of sp³-hybridized carbons (Fsp3) is 0.600. The lowest BCUT2D eigenvalue weighted by molar-refractivity contribution is -0.229. The molecule has 6 atom stereocenters. The summed E-state index contributed by atoms with van der Waals surface area (Å²) < 4.78 is 24.5. The smallest absolute Gasteiger partial charge is 0.349 e. The molecule has 0 aliphatic carbocycles. The largest absolute Gasteiger partial charge is 0.464 e. The molecule has 3 aliphatic heterocycles. The molecule has 3 aliphatic rings. The zero-order valence-corrected chi connectivity index (χ0v) is 19.3. The number of carbonyl (C=O) groups excluding carboxylic acids is 3. The van der Waals surface area contributed by atoms with E-state index < -0.39 is 52.3 Å². The van der Waals surface area contributed by atoms with Crippen LogP contribution in [0, 0.1) is 11.3 Å². The number of ether oxygens (including phenoxy) is 4. The number of aromatic nitrogens is 4. The van der Waals surface area contributed by atoms with Gasteiger partial charge in [-0.15, -0.1) is 0 Å². The van der Waals surface area contributed by atoms with Crippen LogP contribution in [0.25, 0.3) is 11.2 Å². The van der Waals surface area contributed by atoms with Crippen molar-refractivity contribution in [3.05, 3.63) is 11.5 Å². The molecule has 0 aromatic carbocycles. The van der Waals surface area contributed by atoms with Crippen LogP contribution in [-0.4, -0.2) is 61.3 Å². The maximum absolute atomic E-state index is 12.5. The second kappa shape index (κ2) is 6.32. The Morgan fingerprint density at radius 3 is 2.42 bits per heavy atom. The number of epoxide rings is 1. The average molecular weight is 480 g/mol. The molecule has 0 saturated carbocycles. The van der Waals surface area contributed by atoms with Crippen molar-refractivity contribution in [3.63, 3.8) is 0 Å². The number of fused-ring (bicyclic) bond motifs is 1. The number of anilines is 1. The molecular formula is C20H22ClN5O7. The van der Waals surface area contributed by atoms with Crippen LogP contribution in [-0.2, 0) is 39.1 Å². The number of rotatable bonds is 4. The van der Waals surface area contributed by atoms with Crippen LogP contribution in [0.2, 0.25) is 5.15 Å². The molecule has 2 aromatic rings. The summed E-state index contributed by atoms with van der Waals surface area (Å²) in [7, 11) is 0. The topological polar surface area (TPSA) is 161 Å². The second-order valence-corrected chi connectivity index (χ2v) is 9.54. The number of nitrogens with two attached hydrogens (primary N) is 1. The van der Waals surface area contributed by atoms with E-state index in [-0.39, 0.29) is 28.9 Å². The number of halogens is 1. The third-order valence-electron chi connectivity index (χ3n) is 7.75. The van der Waals surface area contributed by atoms with Gasteiger partial charge in [0.1, 0.15) is 18.0 Å². The van der Waals surface area contributed by atoms with Crippen molar-refractivity contribution in [2.45, 2.75) is 57.6 Å². The summed E-state index contributed by atoms with van der Waals surface area (Å²) in [6.07, 6.45) is 0.424. The first kappa shape index (κ1) is 21.8. The third-order valence-corrected chi connectivity index (χ3v) is 8.02. The predicted molar refractivity (Wildman–Crippen MR) is 110 cm³/mol. The van der Waals surface area contributed by atoms with Crippen molar-refractivity contribution in [1.82, 2.24) is 19.5 Å².